The average Bonchev–Trinajstić information content (AvgIpc) is 2.65. The van der Waals surface area contributed by atoms with Crippen molar-refractivity contribution in [2.75, 3.05) is 31.2 Å². The Kier molecular flexibility index (Phi) is 5.00. The fourth-order valence-electron chi connectivity index (χ4n) is 3.90. The summed E-state index contributed by atoms with van der Waals surface area (Å²) in [6.07, 6.45) is 6.55. The minimum absolute atomic E-state index is 0.515. The molecule has 3 aliphatic rings. The highest BCUT2D eigenvalue weighted by Gasteiger charge is 2.31. The van der Waals surface area contributed by atoms with Crippen molar-refractivity contribution in [3.8, 4) is 0 Å². The molecule has 3 aliphatic heterocycles. The first-order chi connectivity index (χ1) is 12.7. The molecule has 1 fully saturated rings. The van der Waals surface area contributed by atoms with Crippen molar-refractivity contribution in [1.82, 2.24) is 10.2 Å². The van der Waals surface area contributed by atoms with Gasteiger partial charge in [-0.1, -0.05) is 31.5 Å². The first-order valence-corrected chi connectivity index (χ1v) is 9.94. The number of benzene rings is 1. The Morgan fingerprint density at radius 3 is 2.85 bits per heavy atom. The number of hydrogen-bond donors (Lipinski definition) is 1. The minimum Gasteiger partial charge on any atom is -0.352 e. The molecule has 1 saturated heterocycles. The molecule has 0 aliphatic carbocycles. The van der Waals surface area contributed by atoms with Crippen LogP contribution in [0.1, 0.15) is 26.7 Å². The summed E-state index contributed by atoms with van der Waals surface area (Å²) in [5.41, 5.74) is 3.00. The number of halogens is 1. The summed E-state index contributed by atoms with van der Waals surface area (Å²) >= 11 is 6.24. The molecule has 1 aromatic carbocycles. The van der Waals surface area contributed by atoms with Gasteiger partial charge in [0.15, 0.2) is 5.84 Å². The summed E-state index contributed by atoms with van der Waals surface area (Å²) in [6.45, 7) is 8.44. The quantitative estimate of drug-likeness (QED) is 0.810. The zero-order chi connectivity index (χ0) is 18.1. The molecule has 1 aromatic rings. The van der Waals surface area contributed by atoms with Crippen molar-refractivity contribution < 1.29 is 0 Å². The standard InChI is InChI=1S/C20H26ClN5/c1-3-15-12-19-20(25-10-8-22-9-11-25)24-17-13-16(21)4-5-18(17)26(19)23-7-6-14(15)2/h4-5,7,12-15,22H,3,6,8-11H2,1-2H3. The number of aliphatic imine (C=N–C) groups is 1. The van der Waals surface area contributed by atoms with Gasteiger partial charge in [-0.05, 0) is 42.9 Å². The SMILES string of the molecule is CCC1C=C2C(N3CCNCC3)=Nc3cc(Cl)ccc3N2N=CCC1C. The van der Waals surface area contributed by atoms with Crippen LogP contribution >= 0.6 is 11.6 Å². The third-order valence-electron chi connectivity index (χ3n) is 5.51. The van der Waals surface area contributed by atoms with E-state index in [2.05, 4.69) is 41.4 Å². The van der Waals surface area contributed by atoms with Crippen LogP contribution in [0.3, 0.4) is 0 Å². The predicted octanol–water partition coefficient (Wildman–Crippen LogP) is 4.03. The van der Waals surface area contributed by atoms with Crippen molar-refractivity contribution in [2.45, 2.75) is 26.7 Å². The Bertz CT molecular complexity index is 763. The number of allylic oxidation sites excluding steroid dienone is 1. The van der Waals surface area contributed by atoms with Crippen LogP contribution in [-0.4, -0.2) is 43.1 Å². The van der Waals surface area contributed by atoms with Crippen LogP contribution in [0.2, 0.25) is 5.02 Å². The summed E-state index contributed by atoms with van der Waals surface area (Å²) in [4.78, 5) is 7.40. The van der Waals surface area contributed by atoms with E-state index in [1.54, 1.807) is 0 Å². The fourth-order valence-corrected chi connectivity index (χ4v) is 4.06. The Hall–Kier alpha value is -1.85. The van der Waals surface area contributed by atoms with Crippen LogP contribution in [0, 0.1) is 11.8 Å². The topological polar surface area (TPSA) is 43.2 Å². The van der Waals surface area contributed by atoms with Crippen molar-refractivity contribution in [3.63, 3.8) is 0 Å². The van der Waals surface area contributed by atoms with Gasteiger partial charge in [-0.2, -0.15) is 5.10 Å². The van der Waals surface area contributed by atoms with Crippen LogP contribution in [0.5, 0.6) is 0 Å². The van der Waals surface area contributed by atoms with E-state index in [1.165, 1.54) is 0 Å². The van der Waals surface area contributed by atoms with Gasteiger partial charge in [0, 0.05) is 37.4 Å². The number of hydrogen-bond acceptors (Lipinski definition) is 5. The van der Waals surface area contributed by atoms with Crippen LogP contribution in [-0.2, 0) is 0 Å². The molecule has 3 heterocycles. The lowest BCUT2D eigenvalue weighted by Gasteiger charge is -2.38. The lowest BCUT2D eigenvalue weighted by Crippen LogP contribution is -2.49. The van der Waals surface area contributed by atoms with Crippen LogP contribution < -0.4 is 10.3 Å². The van der Waals surface area contributed by atoms with E-state index >= 15 is 0 Å². The van der Waals surface area contributed by atoms with Gasteiger partial charge in [0.1, 0.15) is 5.70 Å². The number of nitrogens with zero attached hydrogens (tertiary/aromatic N) is 4. The fraction of sp³-hybridized carbons (Fsp3) is 0.500. The number of rotatable bonds is 1. The molecule has 2 unspecified atom stereocenters. The Morgan fingerprint density at radius 2 is 2.08 bits per heavy atom. The van der Waals surface area contributed by atoms with Gasteiger partial charge in [-0.25, -0.2) is 10.0 Å². The van der Waals surface area contributed by atoms with Gasteiger partial charge in [-0.15, -0.1) is 0 Å². The largest absolute Gasteiger partial charge is 0.352 e. The Balaban J connectivity index is 1.86. The van der Waals surface area contributed by atoms with Crippen LogP contribution in [0.4, 0.5) is 11.4 Å². The van der Waals surface area contributed by atoms with Crippen LogP contribution in [0.15, 0.2) is 40.1 Å². The third-order valence-corrected chi connectivity index (χ3v) is 5.75. The highest BCUT2D eigenvalue weighted by Crippen LogP contribution is 2.40. The van der Waals surface area contributed by atoms with Crippen molar-refractivity contribution in [2.24, 2.45) is 21.9 Å². The lowest BCUT2D eigenvalue weighted by atomic mass is 9.87. The molecule has 4 rings (SSSR count). The van der Waals surface area contributed by atoms with Gasteiger partial charge < -0.3 is 10.2 Å². The summed E-state index contributed by atoms with van der Waals surface area (Å²) in [7, 11) is 0. The number of nitrogens with one attached hydrogen (secondary N) is 1. The maximum absolute atomic E-state index is 6.24. The maximum Gasteiger partial charge on any atom is 0.155 e. The third kappa shape index (κ3) is 3.26. The molecule has 2 atom stereocenters. The average molecular weight is 372 g/mol. The number of hydrazone groups is 1. The zero-order valence-electron chi connectivity index (χ0n) is 15.5. The normalized spacial score (nSPS) is 25.7. The smallest absolute Gasteiger partial charge is 0.155 e. The lowest BCUT2D eigenvalue weighted by molar-refractivity contribution is 0.355. The molecular formula is C20H26ClN5. The second-order valence-electron chi connectivity index (χ2n) is 7.25. The highest BCUT2D eigenvalue weighted by molar-refractivity contribution is 6.31. The van der Waals surface area contributed by atoms with Gasteiger partial charge in [0.05, 0.1) is 11.4 Å². The van der Waals surface area contributed by atoms with E-state index in [-0.39, 0.29) is 0 Å². The summed E-state index contributed by atoms with van der Waals surface area (Å²) in [6, 6.07) is 5.87. The summed E-state index contributed by atoms with van der Waals surface area (Å²) in [5.74, 6) is 2.11. The molecule has 26 heavy (non-hydrogen) atoms. The van der Waals surface area contributed by atoms with Crippen molar-refractivity contribution in [1.29, 1.82) is 0 Å². The van der Waals surface area contributed by atoms with Gasteiger partial charge in [0.25, 0.3) is 0 Å². The first-order valence-electron chi connectivity index (χ1n) is 9.56. The summed E-state index contributed by atoms with van der Waals surface area (Å²) in [5, 5.41) is 11.0. The Morgan fingerprint density at radius 1 is 1.27 bits per heavy atom. The monoisotopic (exact) mass is 371 g/mol. The molecule has 0 aromatic heterocycles. The highest BCUT2D eigenvalue weighted by atomic mass is 35.5. The van der Waals surface area contributed by atoms with Crippen molar-refractivity contribution >= 4 is 35.0 Å². The predicted molar refractivity (Wildman–Crippen MR) is 110 cm³/mol. The molecule has 0 spiro atoms. The van der Waals surface area contributed by atoms with Crippen molar-refractivity contribution in [3.05, 3.63) is 35.0 Å². The maximum atomic E-state index is 6.24. The Labute approximate surface area is 160 Å². The number of amidine groups is 1. The van der Waals surface area contributed by atoms with E-state index in [4.69, 9.17) is 21.7 Å². The first kappa shape index (κ1) is 17.6. The van der Waals surface area contributed by atoms with Gasteiger partial charge in [-0.3, -0.25) is 0 Å². The number of fused-ring (bicyclic) bond motifs is 3. The number of anilines is 1. The van der Waals surface area contributed by atoms with E-state index in [9.17, 15) is 0 Å². The van der Waals surface area contributed by atoms with E-state index in [1.807, 2.05) is 18.2 Å². The minimum atomic E-state index is 0.515. The molecule has 0 radical (unpaired) electrons. The molecule has 1 N–H and O–H groups in total. The molecule has 0 amide bonds. The zero-order valence-corrected chi connectivity index (χ0v) is 16.2. The molecule has 0 bridgehead atoms. The molecule has 138 valence electrons. The molecular weight excluding hydrogens is 346 g/mol. The van der Waals surface area contributed by atoms with E-state index in [0.29, 0.717) is 16.9 Å². The second-order valence-corrected chi connectivity index (χ2v) is 7.69. The number of piperazine rings is 1. The second kappa shape index (κ2) is 7.41. The molecule has 0 saturated carbocycles. The molecule has 6 heteroatoms. The summed E-state index contributed by atoms with van der Waals surface area (Å²) < 4.78 is 0. The van der Waals surface area contributed by atoms with Gasteiger partial charge >= 0.3 is 0 Å². The van der Waals surface area contributed by atoms with E-state index in [0.717, 1.165) is 61.9 Å². The molecule has 5 nitrogen and oxygen atoms in total. The van der Waals surface area contributed by atoms with Crippen LogP contribution in [0.25, 0.3) is 0 Å². The van der Waals surface area contributed by atoms with E-state index < -0.39 is 0 Å². The van der Waals surface area contributed by atoms with Gasteiger partial charge in [0.2, 0.25) is 0 Å².